The van der Waals surface area contributed by atoms with E-state index in [2.05, 4.69) is 10.3 Å². The number of aromatic nitrogens is 3. The third-order valence-electron chi connectivity index (χ3n) is 2.78. The highest BCUT2D eigenvalue weighted by atomic mass is 19.1. The summed E-state index contributed by atoms with van der Waals surface area (Å²) in [6, 6.07) is 3.34. The molecule has 8 heteroatoms. The zero-order valence-corrected chi connectivity index (χ0v) is 10.7. The fraction of sp³-hybridized carbons (Fsp3) is 0.333. The van der Waals surface area contributed by atoms with Crippen LogP contribution in [0.5, 0.6) is 0 Å². The van der Waals surface area contributed by atoms with Crippen molar-refractivity contribution in [2.24, 2.45) is 0 Å². The number of aliphatic hydroxyl groups excluding tert-OH is 1. The summed E-state index contributed by atoms with van der Waals surface area (Å²) in [7, 11) is 0. The molecule has 1 aromatic carbocycles. The van der Waals surface area contributed by atoms with Gasteiger partial charge in [0.25, 0.3) is 5.69 Å². The van der Waals surface area contributed by atoms with E-state index in [-0.39, 0.29) is 12.2 Å². The molecule has 0 aliphatic carbocycles. The molecule has 7 nitrogen and oxygen atoms in total. The molecule has 2 aromatic rings. The summed E-state index contributed by atoms with van der Waals surface area (Å²) in [4.78, 5) is 10.0. The van der Waals surface area contributed by atoms with E-state index >= 15 is 0 Å². The first-order chi connectivity index (χ1) is 9.49. The minimum atomic E-state index is -0.703. The van der Waals surface area contributed by atoms with Crippen molar-refractivity contribution >= 4 is 5.69 Å². The number of hydrogen-bond acceptors (Lipinski definition) is 5. The first-order valence-electron chi connectivity index (χ1n) is 6.01. The largest absolute Gasteiger partial charge is 0.387 e. The van der Waals surface area contributed by atoms with Crippen LogP contribution in [-0.2, 0) is 6.54 Å². The SMILES string of the molecule is CCC(O)c1cn(Cc2cc(F)cc([N+](=O)[O-])c2)nn1. The van der Waals surface area contributed by atoms with Crippen LogP contribution < -0.4 is 0 Å². The second-order valence-electron chi connectivity index (χ2n) is 4.34. The van der Waals surface area contributed by atoms with Gasteiger partial charge in [-0.1, -0.05) is 12.1 Å². The number of hydrogen-bond donors (Lipinski definition) is 1. The van der Waals surface area contributed by atoms with Gasteiger partial charge in [0.1, 0.15) is 11.5 Å². The molecule has 0 bridgehead atoms. The maximum absolute atomic E-state index is 13.3. The average Bonchev–Trinajstić information content (AvgIpc) is 2.85. The zero-order chi connectivity index (χ0) is 14.7. The van der Waals surface area contributed by atoms with Crippen molar-refractivity contribution in [1.82, 2.24) is 15.0 Å². The van der Waals surface area contributed by atoms with Crippen LogP contribution in [0.15, 0.2) is 24.4 Å². The molecular weight excluding hydrogens is 267 g/mol. The lowest BCUT2D eigenvalue weighted by Crippen LogP contribution is -2.02. The molecule has 0 fully saturated rings. The first kappa shape index (κ1) is 14.1. The smallest absolute Gasteiger partial charge is 0.272 e. The molecule has 1 unspecified atom stereocenters. The summed E-state index contributed by atoms with van der Waals surface area (Å²) in [5.41, 5.74) is 0.506. The van der Waals surface area contributed by atoms with E-state index in [0.717, 1.165) is 6.07 Å². The fourth-order valence-electron chi connectivity index (χ4n) is 1.77. The average molecular weight is 280 g/mol. The summed E-state index contributed by atoms with van der Waals surface area (Å²) in [5, 5.41) is 27.9. The lowest BCUT2D eigenvalue weighted by Gasteiger charge is -2.02. The summed E-state index contributed by atoms with van der Waals surface area (Å²) < 4.78 is 14.7. The van der Waals surface area contributed by atoms with Crippen LogP contribution in [0, 0.1) is 15.9 Å². The Labute approximate surface area is 113 Å². The zero-order valence-electron chi connectivity index (χ0n) is 10.7. The minimum absolute atomic E-state index is 0.141. The molecule has 2 rings (SSSR count). The highest BCUT2D eigenvalue weighted by molar-refractivity contribution is 5.35. The number of rotatable bonds is 5. The first-order valence-corrected chi connectivity index (χ1v) is 6.01. The highest BCUT2D eigenvalue weighted by Gasteiger charge is 2.12. The Morgan fingerprint density at radius 3 is 2.90 bits per heavy atom. The molecule has 0 amide bonds. The molecule has 0 aliphatic rings. The normalized spacial score (nSPS) is 12.3. The maximum atomic E-state index is 13.3. The van der Waals surface area contributed by atoms with Crippen LogP contribution in [-0.4, -0.2) is 25.0 Å². The van der Waals surface area contributed by atoms with Gasteiger partial charge in [0, 0.05) is 6.07 Å². The molecular formula is C12H13FN4O3. The number of halogens is 1. The molecule has 20 heavy (non-hydrogen) atoms. The molecule has 0 spiro atoms. The third-order valence-corrected chi connectivity index (χ3v) is 2.78. The Morgan fingerprint density at radius 2 is 2.25 bits per heavy atom. The van der Waals surface area contributed by atoms with E-state index in [0.29, 0.717) is 17.7 Å². The van der Waals surface area contributed by atoms with Crippen LogP contribution in [0.1, 0.15) is 30.7 Å². The number of nitro groups is 1. The molecule has 0 saturated carbocycles. The Morgan fingerprint density at radius 1 is 1.50 bits per heavy atom. The standard InChI is InChI=1S/C12H13FN4O3/c1-2-12(18)11-7-16(15-14-11)6-8-3-9(13)5-10(4-8)17(19)20/h3-5,7,12,18H,2,6H2,1H3. The third kappa shape index (κ3) is 3.15. The van der Waals surface area contributed by atoms with Crippen molar-refractivity contribution in [3.8, 4) is 0 Å². The van der Waals surface area contributed by atoms with Crippen molar-refractivity contribution in [1.29, 1.82) is 0 Å². The highest BCUT2D eigenvalue weighted by Crippen LogP contribution is 2.18. The summed E-state index contributed by atoms with van der Waals surface area (Å²) >= 11 is 0. The van der Waals surface area contributed by atoms with Crippen LogP contribution >= 0.6 is 0 Å². The van der Waals surface area contributed by atoms with Gasteiger partial charge in [-0.25, -0.2) is 9.07 Å². The predicted octanol–water partition coefficient (Wildman–Crippen LogP) is 1.82. The minimum Gasteiger partial charge on any atom is -0.387 e. The maximum Gasteiger partial charge on any atom is 0.272 e. The Bertz CT molecular complexity index is 629. The number of benzene rings is 1. The van der Waals surface area contributed by atoms with Gasteiger partial charge in [-0.3, -0.25) is 10.1 Å². The molecule has 0 saturated heterocycles. The molecule has 1 aromatic heterocycles. The van der Waals surface area contributed by atoms with Crippen LogP contribution in [0.2, 0.25) is 0 Å². The van der Waals surface area contributed by atoms with Crippen LogP contribution in [0.25, 0.3) is 0 Å². The number of non-ortho nitro benzene ring substituents is 1. The van der Waals surface area contributed by atoms with E-state index in [9.17, 15) is 19.6 Å². The Balaban J connectivity index is 2.21. The molecule has 1 heterocycles. The quantitative estimate of drug-likeness (QED) is 0.666. The van der Waals surface area contributed by atoms with Gasteiger partial charge in [-0.05, 0) is 18.1 Å². The second kappa shape index (κ2) is 5.74. The molecule has 0 radical (unpaired) electrons. The van der Waals surface area contributed by atoms with Gasteiger partial charge in [0.05, 0.1) is 29.8 Å². The number of nitrogens with zero attached hydrogens (tertiary/aromatic N) is 4. The predicted molar refractivity (Wildman–Crippen MR) is 67.4 cm³/mol. The second-order valence-corrected chi connectivity index (χ2v) is 4.34. The lowest BCUT2D eigenvalue weighted by atomic mass is 10.2. The Kier molecular flexibility index (Phi) is 4.04. The fourth-order valence-corrected chi connectivity index (χ4v) is 1.77. The summed E-state index contributed by atoms with van der Waals surface area (Å²) in [6.45, 7) is 1.95. The van der Waals surface area contributed by atoms with E-state index < -0.39 is 16.8 Å². The van der Waals surface area contributed by atoms with E-state index in [1.54, 1.807) is 6.92 Å². The van der Waals surface area contributed by atoms with Gasteiger partial charge in [0.2, 0.25) is 0 Å². The van der Waals surface area contributed by atoms with Gasteiger partial charge in [-0.2, -0.15) is 0 Å². The van der Waals surface area contributed by atoms with Crippen molar-refractivity contribution in [2.45, 2.75) is 26.0 Å². The monoisotopic (exact) mass is 280 g/mol. The molecule has 1 N–H and O–H groups in total. The van der Waals surface area contributed by atoms with E-state index in [1.807, 2.05) is 0 Å². The molecule has 106 valence electrons. The van der Waals surface area contributed by atoms with Crippen LogP contribution in [0.3, 0.4) is 0 Å². The van der Waals surface area contributed by atoms with Crippen molar-refractivity contribution in [3.63, 3.8) is 0 Å². The van der Waals surface area contributed by atoms with Crippen LogP contribution in [0.4, 0.5) is 10.1 Å². The summed E-state index contributed by atoms with van der Waals surface area (Å²) in [6.07, 6.45) is 1.33. The van der Waals surface area contributed by atoms with Crippen molar-refractivity contribution in [2.75, 3.05) is 0 Å². The number of nitro benzene ring substituents is 1. The van der Waals surface area contributed by atoms with Crippen molar-refractivity contribution in [3.05, 3.63) is 51.6 Å². The van der Waals surface area contributed by atoms with E-state index in [1.165, 1.54) is 23.0 Å². The van der Waals surface area contributed by atoms with Gasteiger partial charge in [0.15, 0.2) is 0 Å². The topological polar surface area (TPSA) is 94.1 Å². The summed E-state index contributed by atoms with van der Waals surface area (Å²) in [5.74, 6) is -0.678. The van der Waals surface area contributed by atoms with Gasteiger partial charge < -0.3 is 5.11 Å². The van der Waals surface area contributed by atoms with Gasteiger partial charge >= 0.3 is 0 Å². The molecule has 0 aliphatic heterocycles. The number of aliphatic hydroxyl groups is 1. The van der Waals surface area contributed by atoms with E-state index in [4.69, 9.17) is 0 Å². The van der Waals surface area contributed by atoms with Crippen molar-refractivity contribution < 1.29 is 14.4 Å². The van der Waals surface area contributed by atoms with Gasteiger partial charge in [-0.15, -0.1) is 5.10 Å². The molecule has 1 atom stereocenters. The Hall–Kier alpha value is -2.35. The lowest BCUT2D eigenvalue weighted by molar-refractivity contribution is -0.385.